The van der Waals surface area contributed by atoms with Crippen molar-refractivity contribution < 1.29 is 19.4 Å². The average Bonchev–Trinajstić information content (AvgIpc) is 2.47. The molecule has 3 N–H and O–H groups in total. The Morgan fingerprint density at radius 3 is 2.85 bits per heavy atom. The van der Waals surface area contributed by atoms with Gasteiger partial charge in [0.25, 0.3) is 5.91 Å². The molecule has 0 radical (unpaired) electrons. The first-order valence-corrected chi connectivity index (χ1v) is 6.48. The molecule has 0 bridgehead atoms. The zero-order valence-corrected chi connectivity index (χ0v) is 11.3. The normalized spacial score (nSPS) is 18.6. The molecule has 1 fully saturated rings. The van der Waals surface area contributed by atoms with Crippen LogP contribution in [0.3, 0.4) is 0 Å². The lowest BCUT2D eigenvalue weighted by molar-refractivity contribution is -0.123. The Morgan fingerprint density at radius 2 is 2.20 bits per heavy atom. The molecule has 108 valence electrons. The van der Waals surface area contributed by atoms with E-state index in [0.717, 1.165) is 6.42 Å². The number of likely N-dealkylation sites (tertiary alicyclic amines) is 1. The van der Waals surface area contributed by atoms with Crippen LogP contribution in [-0.4, -0.2) is 42.0 Å². The number of rotatable bonds is 3. The minimum absolute atomic E-state index is 0.100. The van der Waals surface area contributed by atoms with Gasteiger partial charge in [0.15, 0.2) is 0 Å². The van der Waals surface area contributed by atoms with Crippen molar-refractivity contribution in [2.75, 3.05) is 20.2 Å². The number of piperidine rings is 1. The smallest absolute Gasteiger partial charge is 0.257 e. The molecule has 1 aromatic carbocycles. The van der Waals surface area contributed by atoms with E-state index in [1.54, 1.807) is 11.0 Å². The molecule has 2 amide bonds. The lowest BCUT2D eigenvalue weighted by atomic mass is 9.97. The standard InChI is InChI=1S/C14H18N2O4/c1-20-10-4-5-12(17)11(7-10)14(19)16-6-2-3-9(8-16)13(15)18/h4-5,7,9,17H,2-3,6,8H2,1H3,(H2,15,18). The van der Waals surface area contributed by atoms with E-state index in [4.69, 9.17) is 10.5 Å². The summed E-state index contributed by atoms with van der Waals surface area (Å²) in [7, 11) is 1.49. The number of hydrogen-bond donors (Lipinski definition) is 2. The first-order valence-electron chi connectivity index (χ1n) is 6.48. The number of carbonyl (C=O) groups excluding carboxylic acids is 2. The minimum Gasteiger partial charge on any atom is -0.507 e. The number of nitrogens with zero attached hydrogens (tertiary/aromatic N) is 1. The van der Waals surface area contributed by atoms with E-state index < -0.39 is 5.91 Å². The summed E-state index contributed by atoms with van der Waals surface area (Å²) in [6.45, 7) is 0.851. The fourth-order valence-corrected chi connectivity index (χ4v) is 2.38. The topological polar surface area (TPSA) is 92.9 Å². The number of methoxy groups -OCH3 is 1. The maximum Gasteiger partial charge on any atom is 0.257 e. The zero-order valence-electron chi connectivity index (χ0n) is 11.3. The van der Waals surface area contributed by atoms with Crippen LogP contribution < -0.4 is 10.5 Å². The van der Waals surface area contributed by atoms with Crippen LogP contribution in [0.5, 0.6) is 11.5 Å². The van der Waals surface area contributed by atoms with E-state index in [2.05, 4.69) is 0 Å². The summed E-state index contributed by atoms with van der Waals surface area (Å²) in [5.41, 5.74) is 5.47. The van der Waals surface area contributed by atoms with Gasteiger partial charge in [-0.05, 0) is 31.0 Å². The number of carbonyl (C=O) groups is 2. The van der Waals surface area contributed by atoms with Crippen molar-refractivity contribution in [1.82, 2.24) is 4.90 Å². The highest BCUT2D eigenvalue weighted by Crippen LogP contribution is 2.26. The highest BCUT2D eigenvalue weighted by atomic mass is 16.5. The second-order valence-electron chi connectivity index (χ2n) is 4.88. The molecule has 1 aliphatic rings. The Hall–Kier alpha value is -2.24. The molecular weight excluding hydrogens is 260 g/mol. The van der Waals surface area contributed by atoms with Crippen LogP contribution in [0.25, 0.3) is 0 Å². The van der Waals surface area contributed by atoms with Gasteiger partial charge in [0.05, 0.1) is 18.6 Å². The number of phenols is 1. The largest absolute Gasteiger partial charge is 0.507 e. The van der Waals surface area contributed by atoms with Gasteiger partial charge in [0.1, 0.15) is 11.5 Å². The van der Waals surface area contributed by atoms with Gasteiger partial charge in [-0.25, -0.2) is 0 Å². The summed E-state index contributed by atoms with van der Waals surface area (Å²) < 4.78 is 5.05. The van der Waals surface area contributed by atoms with Gasteiger partial charge in [-0.15, -0.1) is 0 Å². The SMILES string of the molecule is COc1ccc(O)c(C(=O)N2CCCC(C(N)=O)C2)c1. The zero-order chi connectivity index (χ0) is 14.7. The van der Waals surface area contributed by atoms with Crippen LogP contribution >= 0.6 is 0 Å². The monoisotopic (exact) mass is 278 g/mol. The van der Waals surface area contributed by atoms with E-state index in [1.165, 1.54) is 19.2 Å². The molecule has 1 unspecified atom stereocenters. The van der Waals surface area contributed by atoms with Crippen molar-refractivity contribution >= 4 is 11.8 Å². The Kier molecular flexibility index (Phi) is 4.12. The summed E-state index contributed by atoms with van der Waals surface area (Å²) >= 11 is 0. The van der Waals surface area contributed by atoms with Crippen molar-refractivity contribution in [3.05, 3.63) is 23.8 Å². The molecule has 0 saturated carbocycles. The van der Waals surface area contributed by atoms with Crippen molar-refractivity contribution in [2.24, 2.45) is 11.7 Å². The molecule has 1 atom stereocenters. The Morgan fingerprint density at radius 1 is 1.45 bits per heavy atom. The van der Waals surface area contributed by atoms with E-state index in [1.807, 2.05) is 0 Å². The molecule has 6 heteroatoms. The second kappa shape index (κ2) is 5.81. The number of amides is 2. The molecule has 1 aromatic rings. The molecule has 0 aromatic heterocycles. The quantitative estimate of drug-likeness (QED) is 0.852. The second-order valence-corrected chi connectivity index (χ2v) is 4.88. The Labute approximate surface area is 117 Å². The van der Waals surface area contributed by atoms with Crippen molar-refractivity contribution in [3.63, 3.8) is 0 Å². The summed E-state index contributed by atoms with van der Waals surface area (Å²) in [5.74, 6) is -0.628. The first-order chi connectivity index (χ1) is 9.52. The first kappa shape index (κ1) is 14.2. The molecule has 0 aliphatic carbocycles. The molecule has 2 rings (SSSR count). The van der Waals surface area contributed by atoms with E-state index in [0.29, 0.717) is 25.3 Å². The minimum atomic E-state index is -0.391. The van der Waals surface area contributed by atoms with Gasteiger partial charge in [0, 0.05) is 13.1 Å². The van der Waals surface area contributed by atoms with Crippen LogP contribution in [0, 0.1) is 5.92 Å². The summed E-state index contributed by atoms with van der Waals surface area (Å²) in [5, 5.41) is 9.81. The summed E-state index contributed by atoms with van der Waals surface area (Å²) in [4.78, 5) is 25.2. The third-order valence-electron chi connectivity index (χ3n) is 3.55. The summed E-state index contributed by atoms with van der Waals surface area (Å²) in [6, 6.07) is 4.49. The van der Waals surface area contributed by atoms with Crippen molar-refractivity contribution in [1.29, 1.82) is 0 Å². The van der Waals surface area contributed by atoms with Gasteiger partial charge < -0.3 is 20.5 Å². The lowest BCUT2D eigenvalue weighted by Gasteiger charge is -2.31. The van der Waals surface area contributed by atoms with Crippen LogP contribution in [0.4, 0.5) is 0 Å². The fourth-order valence-electron chi connectivity index (χ4n) is 2.38. The number of hydrogen-bond acceptors (Lipinski definition) is 4. The van der Waals surface area contributed by atoms with Gasteiger partial charge >= 0.3 is 0 Å². The Bertz CT molecular complexity index is 530. The number of phenolic OH excluding ortho intramolecular Hbond substituents is 1. The third-order valence-corrected chi connectivity index (χ3v) is 3.55. The maximum absolute atomic E-state index is 12.4. The van der Waals surface area contributed by atoms with Crippen LogP contribution in [-0.2, 0) is 4.79 Å². The average molecular weight is 278 g/mol. The lowest BCUT2D eigenvalue weighted by Crippen LogP contribution is -2.44. The maximum atomic E-state index is 12.4. The van der Waals surface area contributed by atoms with Crippen LogP contribution in [0.1, 0.15) is 23.2 Å². The molecule has 0 spiro atoms. The predicted molar refractivity (Wildman–Crippen MR) is 72.5 cm³/mol. The molecule has 1 heterocycles. The van der Waals surface area contributed by atoms with Gasteiger partial charge in [-0.3, -0.25) is 9.59 Å². The number of benzene rings is 1. The number of ether oxygens (including phenoxy) is 1. The number of aromatic hydroxyl groups is 1. The van der Waals surface area contributed by atoms with Gasteiger partial charge in [-0.2, -0.15) is 0 Å². The molecule has 6 nitrogen and oxygen atoms in total. The van der Waals surface area contributed by atoms with Crippen LogP contribution in [0.15, 0.2) is 18.2 Å². The van der Waals surface area contributed by atoms with Crippen LogP contribution in [0.2, 0.25) is 0 Å². The molecule has 1 saturated heterocycles. The van der Waals surface area contributed by atoms with Crippen molar-refractivity contribution in [3.8, 4) is 11.5 Å². The van der Waals surface area contributed by atoms with Gasteiger partial charge in [0.2, 0.25) is 5.91 Å². The summed E-state index contributed by atoms with van der Waals surface area (Å²) in [6.07, 6.45) is 1.42. The molecule has 1 aliphatic heterocycles. The van der Waals surface area contributed by atoms with Crippen molar-refractivity contribution in [2.45, 2.75) is 12.8 Å². The molecule has 20 heavy (non-hydrogen) atoms. The Balaban J connectivity index is 2.20. The highest BCUT2D eigenvalue weighted by molar-refractivity contribution is 5.97. The number of primary amides is 1. The van der Waals surface area contributed by atoms with E-state index in [-0.39, 0.29) is 23.1 Å². The highest BCUT2D eigenvalue weighted by Gasteiger charge is 2.28. The third kappa shape index (κ3) is 2.84. The number of nitrogens with two attached hydrogens (primary N) is 1. The fraction of sp³-hybridized carbons (Fsp3) is 0.429. The predicted octanol–water partition coefficient (Wildman–Crippen LogP) is 0.738. The van der Waals surface area contributed by atoms with E-state index >= 15 is 0 Å². The van der Waals surface area contributed by atoms with E-state index in [9.17, 15) is 14.7 Å². The van der Waals surface area contributed by atoms with Gasteiger partial charge in [-0.1, -0.05) is 0 Å². The molecular formula is C14H18N2O4.